The van der Waals surface area contributed by atoms with E-state index < -0.39 is 0 Å². The minimum atomic E-state index is -0.0733. The van der Waals surface area contributed by atoms with Crippen LogP contribution in [-0.4, -0.2) is 65.2 Å². The quantitative estimate of drug-likeness (QED) is 0.808. The lowest BCUT2D eigenvalue weighted by atomic mass is 10.0. The van der Waals surface area contributed by atoms with Gasteiger partial charge in [0.15, 0.2) is 0 Å². The Hall–Kier alpha value is -2.64. The first-order valence-corrected chi connectivity index (χ1v) is 9.11. The molecule has 0 unspecified atom stereocenters. The maximum Gasteiger partial charge on any atom is 0.292 e. The van der Waals surface area contributed by atoms with Gasteiger partial charge in [-0.3, -0.25) is 4.79 Å². The van der Waals surface area contributed by atoms with Crippen molar-refractivity contribution in [2.24, 2.45) is 0 Å². The highest BCUT2D eigenvalue weighted by Crippen LogP contribution is 2.36. The average Bonchev–Trinajstić information content (AvgIpc) is 3.33. The van der Waals surface area contributed by atoms with Crippen LogP contribution in [0.5, 0.6) is 0 Å². The summed E-state index contributed by atoms with van der Waals surface area (Å²) in [7, 11) is 3.97. The Morgan fingerprint density at radius 2 is 1.81 bits per heavy atom. The second-order valence-corrected chi connectivity index (χ2v) is 7.17. The molecule has 0 bridgehead atoms. The van der Waals surface area contributed by atoms with Gasteiger partial charge in [0, 0.05) is 51.4 Å². The van der Waals surface area contributed by atoms with Crippen LogP contribution in [0.2, 0.25) is 0 Å². The summed E-state index contributed by atoms with van der Waals surface area (Å²) < 4.78 is 5.00. The second kappa shape index (κ2) is 6.93. The lowest BCUT2D eigenvalue weighted by Gasteiger charge is -2.39. The smallest absolute Gasteiger partial charge is 0.292 e. The molecule has 138 valence electrons. The van der Waals surface area contributed by atoms with Gasteiger partial charge in [0.05, 0.1) is 6.20 Å². The maximum atomic E-state index is 12.4. The van der Waals surface area contributed by atoms with Gasteiger partial charge in [-0.2, -0.15) is 0 Å². The van der Waals surface area contributed by atoms with Gasteiger partial charge in [0.2, 0.25) is 5.76 Å². The summed E-state index contributed by atoms with van der Waals surface area (Å²) in [5.41, 5.74) is 0. The molecule has 0 radical (unpaired) electrons. The van der Waals surface area contributed by atoms with Gasteiger partial charge in [0.1, 0.15) is 18.0 Å². The highest BCUT2D eigenvalue weighted by molar-refractivity contribution is 5.91. The number of likely N-dealkylation sites (tertiary alicyclic amines) is 1. The van der Waals surface area contributed by atoms with Crippen molar-refractivity contribution in [2.45, 2.75) is 37.8 Å². The molecule has 2 aromatic heterocycles. The second-order valence-electron chi connectivity index (χ2n) is 7.17. The molecule has 1 aliphatic carbocycles. The summed E-state index contributed by atoms with van der Waals surface area (Å²) in [6.45, 7) is 1.44. The molecule has 0 spiro atoms. The Morgan fingerprint density at radius 1 is 1.12 bits per heavy atom. The number of hydrogen-bond donors (Lipinski definition) is 0. The topological polar surface area (TPSA) is 78.6 Å². The largest absolute Gasteiger partial charge is 0.363 e. The summed E-state index contributed by atoms with van der Waals surface area (Å²) in [6, 6.07) is 4.63. The van der Waals surface area contributed by atoms with Crippen LogP contribution in [0.15, 0.2) is 29.2 Å². The highest BCUT2D eigenvalue weighted by atomic mass is 16.5. The van der Waals surface area contributed by atoms with E-state index in [-0.39, 0.29) is 5.91 Å². The fourth-order valence-electron chi connectivity index (χ4n) is 3.58. The molecule has 1 amide bonds. The number of aromatic nitrogens is 3. The number of hydrogen-bond acceptors (Lipinski definition) is 7. The monoisotopic (exact) mass is 356 g/mol. The van der Waals surface area contributed by atoms with Gasteiger partial charge in [-0.25, -0.2) is 9.97 Å². The minimum absolute atomic E-state index is 0.0733. The van der Waals surface area contributed by atoms with Crippen LogP contribution < -0.4 is 9.80 Å². The van der Waals surface area contributed by atoms with E-state index in [1.165, 1.54) is 19.0 Å². The van der Waals surface area contributed by atoms with E-state index in [0.717, 1.165) is 37.6 Å². The summed E-state index contributed by atoms with van der Waals surface area (Å²) in [6.07, 6.45) is 7.42. The van der Waals surface area contributed by atoms with Crippen LogP contribution in [0.4, 0.5) is 11.6 Å². The Labute approximate surface area is 152 Å². The summed E-state index contributed by atoms with van der Waals surface area (Å²) in [4.78, 5) is 27.6. The van der Waals surface area contributed by atoms with Gasteiger partial charge in [0.25, 0.3) is 5.91 Å². The van der Waals surface area contributed by atoms with Gasteiger partial charge in [-0.05, 0) is 25.7 Å². The highest BCUT2D eigenvalue weighted by Gasteiger charge is 2.37. The zero-order valence-electron chi connectivity index (χ0n) is 15.2. The predicted octanol–water partition coefficient (Wildman–Crippen LogP) is 1.80. The van der Waals surface area contributed by atoms with Crippen LogP contribution in [-0.2, 0) is 0 Å². The van der Waals surface area contributed by atoms with Crippen LogP contribution >= 0.6 is 0 Å². The number of anilines is 2. The first-order valence-electron chi connectivity index (χ1n) is 9.11. The minimum Gasteiger partial charge on any atom is -0.363 e. The molecule has 2 aliphatic rings. The maximum absolute atomic E-state index is 12.4. The normalized spacial score (nSPS) is 18.0. The molecule has 1 saturated heterocycles. The first-order chi connectivity index (χ1) is 12.6. The van der Waals surface area contributed by atoms with Gasteiger partial charge < -0.3 is 19.2 Å². The Morgan fingerprint density at radius 3 is 2.42 bits per heavy atom. The molecule has 0 atom stereocenters. The van der Waals surface area contributed by atoms with Gasteiger partial charge >= 0.3 is 0 Å². The average molecular weight is 356 g/mol. The Balaban J connectivity index is 1.46. The van der Waals surface area contributed by atoms with E-state index >= 15 is 0 Å². The van der Waals surface area contributed by atoms with Crippen LogP contribution in [0, 0.1) is 0 Å². The van der Waals surface area contributed by atoms with Crippen LogP contribution in [0.1, 0.15) is 36.2 Å². The Kier molecular flexibility index (Phi) is 4.48. The first kappa shape index (κ1) is 16.8. The third-order valence-electron chi connectivity index (χ3n) is 5.09. The van der Waals surface area contributed by atoms with Crippen molar-refractivity contribution in [3.05, 3.63) is 30.4 Å². The predicted molar refractivity (Wildman–Crippen MR) is 97.3 cm³/mol. The third-order valence-corrected chi connectivity index (χ3v) is 5.09. The van der Waals surface area contributed by atoms with Crippen molar-refractivity contribution in [1.82, 2.24) is 20.0 Å². The van der Waals surface area contributed by atoms with Crippen LogP contribution in [0.25, 0.3) is 0 Å². The number of rotatable bonds is 5. The molecule has 2 fully saturated rings. The van der Waals surface area contributed by atoms with Crippen molar-refractivity contribution in [1.29, 1.82) is 0 Å². The van der Waals surface area contributed by atoms with Crippen molar-refractivity contribution in [2.75, 3.05) is 37.0 Å². The Bertz CT molecular complexity index is 751. The summed E-state index contributed by atoms with van der Waals surface area (Å²) in [5.74, 6) is 2.15. The zero-order valence-corrected chi connectivity index (χ0v) is 15.2. The number of amides is 1. The van der Waals surface area contributed by atoms with E-state index in [1.807, 2.05) is 23.9 Å². The molecule has 2 aromatic rings. The standard InChI is InChI=1S/C18H24N6O2/c1-22(2)16-11-17(20-12-19-16)24(13-3-4-13)14-6-9-23(10-7-14)18(25)15-5-8-21-26-15/h5,8,11-14H,3-4,6-7,9-10H2,1-2H3. The van der Waals surface area contributed by atoms with E-state index in [9.17, 15) is 4.79 Å². The van der Waals surface area contributed by atoms with Gasteiger partial charge in [-0.15, -0.1) is 0 Å². The molecule has 1 saturated carbocycles. The van der Waals surface area contributed by atoms with E-state index in [4.69, 9.17) is 4.52 Å². The lowest BCUT2D eigenvalue weighted by Crippen LogP contribution is -2.48. The molecule has 0 aromatic carbocycles. The number of carbonyl (C=O) groups is 1. The van der Waals surface area contributed by atoms with Crippen molar-refractivity contribution < 1.29 is 9.32 Å². The molecular weight excluding hydrogens is 332 g/mol. The molecule has 8 nitrogen and oxygen atoms in total. The summed E-state index contributed by atoms with van der Waals surface area (Å²) in [5, 5.41) is 3.63. The molecule has 8 heteroatoms. The molecule has 3 heterocycles. The molecule has 0 N–H and O–H groups in total. The fraction of sp³-hybridized carbons (Fsp3) is 0.556. The molecule has 4 rings (SSSR count). The number of nitrogens with zero attached hydrogens (tertiary/aromatic N) is 6. The summed E-state index contributed by atoms with van der Waals surface area (Å²) >= 11 is 0. The number of carbonyl (C=O) groups excluding carboxylic acids is 1. The van der Waals surface area contributed by atoms with Crippen molar-refractivity contribution in [3.63, 3.8) is 0 Å². The third kappa shape index (κ3) is 3.36. The molecular formula is C18H24N6O2. The van der Waals surface area contributed by atoms with Crippen molar-refractivity contribution >= 4 is 17.5 Å². The SMILES string of the molecule is CN(C)c1cc(N(C2CC2)C2CCN(C(=O)c3ccno3)CC2)ncn1. The fourth-order valence-corrected chi connectivity index (χ4v) is 3.58. The van der Waals surface area contributed by atoms with Crippen LogP contribution in [0.3, 0.4) is 0 Å². The zero-order chi connectivity index (χ0) is 18.1. The van der Waals surface area contributed by atoms with E-state index in [1.54, 1.807) is 12.4 Å². The van der Waals surface area contributed by atoms with E-state index in [0.29, 0.717) is 17.8 Å². The number of piperidine rings is 1. The van der Waals surface area contributed by atoms with Crippen molar-refractivity contribution in [3.8, 4) is 0 Å². The van der Waals surface area contributed by atoms with Gasteiger partial charge in [-0.1, -0.05) is 5.16 Å². The molecule has 1 aliphatic heterocycles. The lowest BCUT2D eigenvalue weighted by molar-refractivity contribution is 0.0670. The molecule has 26 heavy (non-hydrogen) atoms. The van der Waals surface area contributed by atoms with E-state index in [2.05, 4.69) is 26.1 Å².